The summed E-state index contributed by atoms with van der Waals surface area (Å²) in [5.41, 5.74) is 0.382. The van der Waals surface area contributed by atoms with Gasteiger partial charge in [-0.15, -0.1) is 0 Å². The summed E-state index contributed by atoms with van der Waals surface area (Å²) in [7, 11) is 1.26. The fourth-order valence-corrected chi connectivity index (χ4v) is 3.33. The minimum absolute atomic E-state index is 0.0742. The van der Waals surface area contributed by atoms with Crippen molar-refractivity contribution < 1.29 is 23.8 Å². The Bertz CT molecular complexity index is 947. The quantitative estimate of drug-likeness (QED) is 0.667. The van der Waals surface area contributed by atoms with Crippen molar-refractivity contribution in [1.29, 1.82) is 0 Å². The molecule has 0 unspecified atom stereocenters. The number of likely N-dealkylation sites (tertiary alicyclic amines) is 1. The van der Waals surface area contributed by atoms with Gasteiger partial charge in [0.15, 0.2) is 5.15 Å². The summed E-state index contributed by atoms with van der Waals surface area (Å²) in [5, 5.41) is 0.577. The first kappa shape index (κ1) is 21.4. The van der Waals surface area contributed by atoms with Gasteiger partial charge < -0.3 is 14.2 Å². The number of carbonyl (C=O) groups is 2. The molecular formula is C19H21Cl2N3O5. The number of carbonyl (C=O) groups excluding carboxylic acids is 2. The molecule has 3 rings (SSSR count). The second kappa shape index (κ2) is 8.20. The molecule has 1 fully saturated rings. The van der Waals surface area contributed by atoms with Gasteiger partial charge >= 0.3 is 12.1 Å². The highest BCUT2D eigenvalue weighted by atomic mass is 35.5. The van der Waals surface area contributed by atoms with Crippen LogP contribution in [-0.2, 0) is 14.3 Å². The Hall–Kier alpha value is -2.32. The van der Waals surface area contributed by atoms with Crippen LogP contribution in [0.4, 0.5) is 4.79 Å². The van der Waals surface area contributed by atoms with Crippen LogP contribution in [0.15, 0.2) is 18.2 Å². The van der Waals surface area contributed by atoms with Crippen molar-refractivity contribution in [3.63, 3.8) is 0 Å². The van der Waals surface area contributed by atoms with E-state index < -0.39 is 29.8 Å². The van der Waals surface area contributed by atoms with Crippen molar-refractivity contribution in [3.05, 3.63) is 28.4 Å². The third kappa shape index (κ3) is 5.00. The Kier molecular flexibility index (Phi) is 6.05. The molecule has 0 spiro atoms. The van der Waals surface area contributed by atoms with Gasteiger partial charge in [0.05, 0.1) is 24.7 Å². The van der Waals surface area contributed by atoms with Gasteiger partial charge in [-0.3, -0.25) is 4.90 Å². The lowest BCUT2D eigenvalue weighted by Crippen LogP contribution is -2.44. The fraction of sp³-hybridized carbons (Fsp3) is 0.474. The summed E-state index contributed by atoms with van der Waals surface area (Å²) in [6, 6.07) is 4.20. The zero-order valence-electron chi connectivity index (χ0n) is 16.4. The van der Waals surface area contributed by atoms with Crippen LogP contribution in [0, 0.1) is 0 Å². The van der Waals surface area contributed by atoms with Crippen molar-refractivity contribution in [2.75, 3.05) is 13.7 Å². The van der Waals surface area contributed by atoms with E-state index in [-0.39, 0.29) is 24.0 Å². The Morgan fingerprint density at radius 2 is 1.90 bits per heavy atom. The Balaban J connectivity index is 1.82. The average Bonchev–Trinajstić information content (AvgIpc) is 3.05. The maximum absolute atomic E-state index is 12.5. The molecule has 156 valence electrons. The van der Waals surface area contributed by atoms with E-state index in [2.05, 4.69) is 9.97 Å². The molecule has 10 heteroatoms. The maximum atomic E-state index is 12.5. The predicted molar refractivity (Wildman–Crippen MR) is 107 cm³/mol. The molecule has 2 heterocycles. The zero-order chi connectivity index (χ0) is 21.3. The largest absolute Gasteiger partial charge is 0.470 e. The van der Waals surface area contributed by atoms with E-state index in [1.54, 1.807) is 39.0 Å². The van der Waals surface area contributed by atoms with Gasteiger partial charge in [-0.05, 0) is 39.0 Å². The lowest BCUT2D eigenvalue weighted by atomic mass is 10.2. The van der Waals surface area contributed by atoms with Crippen LogP contribution in [0.5, 0.6) is 5.88 Å². The number of halogens is 2. The number of rotatable bonds is 3. The van der Waals surface area contributed by atoms with Crippen molar-refractivity contribution in [3.8, 4) is 5.88 Å². The smallest absolute Gasteiger partial charge is 0.411 e. The minimum atomic E-state index is -0.832. The minimum Gasteiger partial charge on any atom is -0.470 e. The molecule has 1 aliphatic rings. The first-order chi connectivity index (χ1) is 13.6. The summed E-state index contributed by atoms with van der Waals surface area (Å²) in [6.45, 7) is 5.35. The van der Waals surface area contributed by atoms with Crippen LogP contribution in [0.25, 0.3) is 11.0 Å². The molecule has 2 aromatic rings. The van der Waals surface area contributed by atoms with Gasteiger partial charge in [0.1, 0.15) is 17.7 Å². The number of hydrogen-bond donors (Lipinski definition) is 0. The summed E-state index contributed by atoms with van der Waals surface area (Å²) in [4.78, 5) is 34.6. The Morgan fingerprint density at radius 3 is 2.55 bits per heavy atom. The number of fused-ring (bicyclic) bond motifs is 1. The van der Waals surface area contributed by atoms with E-state index in [0.717, 1.165) is 0 Å². The molecule has 1 aromatic heterocycles. The number of nitrogens with zero attached hydrogens (tertiary/aromatic N) is 3. The highest BCUT2D eigenvalue weighted by Gasteiger charge is 2.43. The van der Waals surface area contributed by atoms with Gasteiger partial charge in [0.2, 0.25) is 0 Å². The first-order valence-corrected chi connectivity index (χ1v) is 9.70. The van der Waals surface area contributed by atoms with Crippen LogP contribution >= 0.6 is 23.2 Å². The van der Waals surface area contributed by atoms with E-state index in [0.29, 0.717) is 16.1 Å². The van der Waals surface area contributed by atoms with Crippen LogP contribution in [0.3, 0.4) is 0 Å². The molecule has 1 amide bonds. The highest BCUT2D eigenvalue weighted by molar-refractivity contribution is 6.32. The standard InChI is InChI=1S/C19H21Cl2N3O5/c1-19(2,3)29-18(26)24-9-11(8-14(24)17(25)27-4)28-16-15(21)22-12-6-5-10(20)7-13(12)23-16/h5-7,11,14H,8-9H2,1-4H3/t11-,14+/m1/s1. The maximum Gasteiger partial charge on any atom is 0.411 e. The number of methoxy groups -OCH3 is 1. The summed E-state index contributed by atoms with van der Waals surface area (Å²) >= 11 is 12.2. The van der Waals surface area contributed by atoms with E-state index in [1.807, 2.05) is 0 Å². The summed E-state index contributed by atoms with van der Waals surface area (Å²) in [6.07, 6.45) is -0.964. The number of benzene rings is 1. The molecule has 8 nitrogen and oxygen atoms in total. The van der Waals surface area contributed by atoms with E-state index in [1.165, 1.54) is 12.0 Å². The van der Waals surface area contributed by atoms with Crippen LogP contribution in [0.1, 0.15) is 27.2 Å². The van der Waals surface area contributed by atoms with Crippen molar-refractivity contribution in [2.24, 2.45) is 0 Å². The molecule has 0 radical (unpaired) electrons. The average molecular weight is 442 g/mol. The second-order valence-electron chi connectivity index (χ2n) is 7.60. The van der Waals surface area contributed by atoms with Gasteiger partial charge in [0, 0.05) is 11.4 Å². The van der Waals surface area contributed by atoms with Crippen LogP contribution < -0.4 is 4.74 Å². The molecule has 0 aliphatic carbocycles. The third-order valence-corrected chi connectivity index (χ3v) is 4.68. The molecule has 29 heavy (non-hydrogen) atoms. The summed E-state index contributed by atoms with van der Waals surface area (Å²) in [5.74, 6) is -0.453. The molecule has 1 aromatic carbocycles. The third-order valence-electron chi connectivity index (χ3n) is 4.20. The van der Waals surface area contributed by atoms with E-state index in [4.69, 9.17) is 37.4 Å². The van der Waals surface area contributed by atoms with Gasteiger partial charge in [0.25, 0.3) is 5.88 Å². The first-order valence-electron chi connectivity index (χ1n) is 8.94. The number of amides is 1. The zero-order valence-corrected chi connectivity index (χ0v) is 18.0. The molecule has 0 saturated carbocycles. The number of esters is 1. The SMILES string of the molecule is COC(=O)[C@@H]1C[C@@H](Oc2nc3cc(Cl)ccc3nc2Cl)CN1C(=O)OC(C)(C)C. The molecule has 0 N–H and O–H groups in total. The normalized spacial score (nSPS) is 19.3. The number of ether oxygens (including phenoxy) is 3. The number of aromatic nitrogens is 2. The second-order valence-corrected chi connectivity index (χ2v) is 8.39. The molecule has 2 atom stereocenters. The lowest BCUT2D eigenvalue weighted by molar-refractivity contribution is -0.145. The summed E-state index contributed by atoms with van der Waals surface area (Å²) < 4.78 is 16.1. The number of hydrogen-bond acceptors (Lipinski definition) is 7. The Morgan fingerprint density at radius 1 is 1.17 bits per heavy atom. The van der Waals surface area contributed by atoms with Gasteiger partial charge in [-0.2, -0.15) is 0 Å². The van der Waals surface area contributed by atoms with Crippen molar-refractivity contribution in [2.45, 2.75) is 44.9 Å². The van der Waals surface area contributed by atoms with Crippen LogP contribution in [0.2, 0.25) is 10.2 Å². The monoisotopic (exact) mass is 441 g/mol. The van der Waals surface area contributed by atoms with Gasteiger partial charge in [-0.25, -0.2) is 19.6 Å². The van der Waals surface area contributed by atoms with Crippen LogP contribution in [-0.4, -0.2) is 58.3 Å². The van der Waals surface area contributed by atoms with Gasteiger partial charge in [-0.1, -0.05) is 23.2 Å². The van der Waals surface area contributed by atoms with E-state index >= 15 is 0 Å². The molecular weight excluding hydrogens is 421 g/mol. The fourth-order valence-electron chi connectivity index (χ4n) is 2.99. The molecule has 0 bridgehead atoms. The van der Waals surface area contributed by atoms with Crippen molar-refractivity contribution in [1.82, 2.24) is 14.9 Å². The Labute approximate surface area is 178 Å². The predicted octanol–water partition coefficient (Wildman–Crippen LogP) is 3.87. The topological polar surface area (TPSA) is 90.9 Å². The van der Waals surface area contributed by atoms with Crippen molar-refractivity contribution >= 4 is 46.3 Å². The molecule has 1 aliphatic heterocycles. The molecule has 1 saturated heterocycles. The lowest BCUT2D eigenvalue weighted by Gasteiger charge is -2.27. The van der Waals surface area contributed by atoms with E-state index in [9.17, 15) is 9.59 Å². The highest BCUT2D eigenvalue weighted by Crippen LogP contribution is 2.30.